The summed E-state index contributed by atoms with van der Waals surface area (Å²) >= 11 is 6.38. The molecule has 1 aromatic heterocycles. The Morgan fingerprint density at radius 2 is 1.90 bits per heavy atom. The lowest BCUT2D eigenvalue weighted by molar-refractivity contribution is -0.118. The van der Waals surface area contributed by atoms with Crippen LogP contribution in [0.2, 0.25) is 5.02 Å². The molecule has 1 atom stereocenters. The van der Waals surface area contributed by atoms with Gasteiger partial charge in [0.05, 0.1) is 18.8 Å². The van der Waals surface area contributed by atoms with E-state index in [4.69, 9.17) is 11.6 Å². The first-order chi connectivity index (χ1) is 19.0. The van der Waals surface area contributed by atoms with Crippen molar-refractivity contribution in [2.75, 3.05) is 42.1 Å². The summed E-state index contributed by atoms with van der Waals surface area (Å²) in [5.74, 6) is 0.780. The summed E-state index contributed by atoms with van der Waals surface area (Å²) in [5.41, 5.74) is 4.28. The lowest BCUT2D eigenvalue weighted by Crippen LogP contribution is -2.60. The molecule has 40 heavy (non-hydrogen) atoms. The minimum Gasteiger partial charge on any atom is -0.465 e. The van der Waals surface area contributed by atoms with E-state index in [2.05, 4.69) is 38.1 Å². The first-order valence-electron chi connectivity index (χ1n) is 13.4. The maximum atomic E-state index is 13.2. The SMILES string of the molecule is CC(C)(C)C1CN(CC(=O)Nc2ccc3cc2CCc2cccc(c2)Nc2ncc(Cl)c(n2)N3)CCN1C(=O)O. The van der Waals surface area contributed by atoms with Crippen LogP contribution in [-0.2, 0) is 17.6 Å². The van der Waals surface area contributed by atoms with Gasteiger partial charge in [-0.05, 0) is 59.7 Å². The lowest BCUT2D eigenvalue weighted by Gasteiger charge is -2.45. The summed E-state index contributed by atoms with van der Waals surface area (Å²) in [4.78, 5) is 37.3. The fourth-order valence-corrected chi connectivity index (χ4v) is 5.35. The summed E-state index contributed by atoms with van der Waals surface area (Å²) in [5, 5.41) is 19.7. The van der Waals surface area contributed by atoms with Crippen LogP contribution in [0, 0.1) is 5.41 Å². The molecular formula is C29H34ClN7O3. The van der Waals surface area contributed by atoms with E-state index in [1.807, 2.05) is 56.0 Å². The van der Waals surface area contributed by atoms with Crippen LogP contribution in [0.1, 0.15) is 31.9 Å². The number of piperazine rings is 1. The number of anilines is 5. The molecular weight excluding hydrogens is 530 g/mol. The van der Waals surface area contributed by atoms with E-state index in [1.54, 1.807) is 6.20 Å². The number of aryl methyl sites for hydroxylation is 2. The van der Waals surface area contributed by atoms with Crippen molar-refractivity contribution < 1.29 is 14.7 Å². The molecule has 1 fully saturated rings. The van der Waals surface area contributed by atoms with Crippen LogP contribution in [0.5, 0.6) is 0 Å². The van der Waals surface area contributed by atoms with Crippen molar-refractivity contribution in [1.29, 1.82) is 0 Å². The topological polar surface area (TPSA) is 123 Å². The van der Waals surface area contributed by atoms with Crippen molar-refractivity contribution in [2.24, 2.45) is 5.41 Å². The van der Waals surface area contributed by atoms with E-state index < -0.39 is 6.09 Å². The zero-order valence-corrected chi connectivity index (χ0v) is 23.6. The van der Waals surface area contributed by atoms with Gasteiger partial charge in [0, 0.05) is 36.7 Å². The van der Waals surface area contributed by atoms with Gasteiger partial charge in [-0.1, -0.05) is 44.5 Å². The Morgan fingerprint density at radius 1 is 1.10 bits per heavy atom. The quantitative estimate of drug-likeness (QED) is 0.336. The number of aromatic nitrogens is 2. The van der Waals surface area contributed by atoms with Gasteiger partial charge in [-0.2, -0.15) is 4.98 Å². The first kappa shape index (κ1) is 27.7. The second kappa shape index (κ2) is 11.3. The smallest absolute Gasteiger partial charge is 0.407 e. The van der Waals surface area contributed by atoms with Gasteiger partial charge in [-0.25, -0.2) is 9.78 Å². The molecule has 0 saturated carbocycles. The van der Waals surface area contributed by atoms with Crippen LogP contribution in [-0.4, -0.2) is 69.1 Å². The Balaban J connectivity index is 1.36. The normalized spacial score (nSPS) is 17.4. The van der Waals surface area contributed by atoms with Crippen LogP contribution >= 0.6 is 11.6 Å². The van der Waals surface area contributed by atoms with Crippen molar-refractivity contribution in [3.63, 3.8) is 0 Å². The molecule has 2 amide bonds. The zero-order chi connectivity index (χ0) is 28.4. The third-order valence-corrected chi connectivity index (χ3v) is 7.61. The van der Waals surface area contributed by atoms with Gasteiger partial charge in [0.15, 0.2) is 5.82 Å². The van der Waals surface area contributed by atoms with E-state index in [-0.39, 0.29) is 23.9 Å². The fraction of sp³-hybridized carbons (Fsp3) is 0.379. The van der Waals surface area contributed by atoms with Crippen molar-refractivity contribution in [1.82, 2.24) is 19.8 Å². The zero-order valence-electron chi connectivity index (χ0n) is 22.9. The van der Waals surface area contributed by atoms with Crippen LogP contribution in [0.4, 0.5) is 33.6 Å². The van der Waals surface area contributed by atoms with E-state index in [0.29, 0.717) is 42.8 Å². The van der Waals surface area contributed by atoms with Gasteiger partial charge >= 0.3 is 6.09 Å². The molecule has 4 N–H and O–H groups in total. The highest BCUT2D eigenvalue weighted by atomic mass is 35.5. The van der Waals surface area contributed by atoms with Gasteiger partial charge in [-0.3, -0.25) is 9.69 Å². The van der Waals surface area contributed by atoms with E-state index in [1.165, 1.54) is 4.90 Å². The summed E-state index contributed by atoms with van der Waals surface area (Å²) < 4.78 is 0. The molecule has 3 heterocycles. The van der Waals surface area contributed by atoms with E-state index in [0.717, 1.165) is 34.6 Å². The Labute approximate surface area is 238 Å². The molecule has 2 aromatic carbocycles. The van der Waals surface area contributed by atoms with Gasteiger partial charge < -0.3 is 26.0 Å². The summed E-state index contributed by atoms with van der Waals surface area (Å²) in [6.45, 7) is 7.66. The van der Waals surface area contributed by atoms with Gasteiger partial charge in [0.2, 0.25) is 11.9 Å². The summed E-state index contributed by atoms with van der Waals surface area (Å²) in [6.07, 6.45) is 2.11. The van der Waals surface area contributed by atoms with E-state index in [9.17, 15) is 14.7 Å². The first-order valence-corrected chi connectivity index (χ1v) is 13.7. The molecule has 1 saturated heterocycles. The van der Waals surface area contributed by atoms with E-state index >= 15 is 0 Å². The average Bonchev–Trinajstić information content (AvgIpc) is 2.90. The number of amides is 2. The largest absolute Gasteiger partial charge is 0.465 e. The number of carbonyl (C=O) groups excluding carboxylic acids is 1. The fourth-order valence-electron chi connectivity index (χ4n) is 5.21. The third kappa shape index (κ3) is 6.46. The molecule has 1 unspecified atom stereocenters. The molecule has 5 rings (SSSR count). The Hall–Kier alpha value is -3.89. The van der Waals surface area contributed by atoms with Crippen LogP contribution in [0.15, 0.2) is 48.7 Å². The molecule has 0 radical (unpaired) electrons. The van der Waals surface area contributed by atoms with Crippen molar-refractivity contribution >= 4 is 52.4 Å². The number of benzene rings is 2. The molecule has 11 heteroatoms. The van der Waals surface area contributed by atoms with Gasteiger partial charge in [0.1, 0.15) is 5.02 Å². The minimum atomic E-state index is -0.918. The number of hydrogen-bond acceptors (Lipinski definition) is 7. The average molecular weight is 564 g/mol. The number of carbonyl (C=O) groups is 2. The number of rotatable bonds is 3. The molecule has 3 aromatic rings. The minimum absolute atomic E-state index is 0.133. The Morgan fingerprint density at radius 3 is 2.67 bits per heavy atom. The van der Waals surface area contributed by atoms with Crippen molar-refractivity contribution in [3.05, 3.63) is 64.8 Å². The highest BCUT2D eigenvalue weighted by Crippen LogP contribution is 2.30. The summed E-state index contributed by atoms with van der Waals surface area (Å²) in [6, 6.07) is 13.7. The van der Waals surface area contributed by atoms with Gasteiger partial charge in [0.25, 0.3) is 0 Å². The van der Waals surface area contributed by atoms with Crippen LogP contribution < -0.4 is 16.0 Å². The number of nitrogens with zero attached hydrogens (tertiary/aromatic N) is 4. The Kier molecular flexibility index (Phi) is 7.82. The van der Waals surface area contributed by atoms with Crippen molar-refractivity contribution in [2.45, 2.75) is 39.7 Å². The predicted octanol–water partition coefficient (Wildman–Crippen LogP) is 5.36. The molecule has 0 aliphatic carbocycles. The third-order valence-electron chi connectivity index (χ3n) is 7.33. The predicted molar refractivity (Wildman–Crippen MR) is 157 cm³/mol. The van der Waals surface area contributed by atoms with Crippen molar-refractivity contribution in [3.8, 4) is 0 Å². The lowest BCUT2D eigenvalue weighted by atomic mass is 9.84. The standard InChI is InChI=1S/C29H34ClN7O3/c1-29(2,3)24-16-36(11-12-37(24)28(39)40)17-25(38)34-23-10-9-21-14-19(23)8-7-18-5-4-6-20(13-18)33-27-31-15-22(30)26(32-21)35-27/h4-6,9-10,13-15,24H,7-8,11-12,16-17H2,1-3H3,(H,34,38)(H,39,40)(H2,31,32,33,35). The number of hydrogen-bond donors (Lipinski definition) is 4. The molecule has 0 spiro atoms. The monoisotopic (exact) mass is 563 g/mol. The van der Waals surface area contributed by atoms with Gasteiger partial charge in [-0.15, -0.1) is 0 Å². The number of carboxylic acid groups (broad SMARTS) is 1. The molecule has 210 valence electrons. The summed E-state index contributed by atoms with van der Waals surface area (Å²) in [7, 11) is 0. The maximum absolute atomic E-state index is 13.2. The molecule has 10 nitrogen and oxygen atoms in total. The molecule has 2 aliphatic rings. The Bertz CT molecular complexity index is 1420. The number of nitrogens with one attached hydrogen (secondary N) is 3. The molecule has 6 bridgehead atoms. The highest BCUT2D eigenvalue weighted by Gasteiger charge is 2.38. The molecule has 2 aliphatic heterocycles. The second-order valence-electron chi connectivity index (χ2n) is 11.4. The van der Waals surface area contributed by atoms with Crippen LogP contribution in [0.25, 0.3) is 0 Å². The second-order valence-corrected chi connectivity index (χ2v) is 11.8. The number of halogens is 1. The number of fused-ring (bicyclic) bond motifs is 6. The maximum Gasteiger partial charge on any atom is 0.407 e. The highest BCUT2D eigenvalue weighted by molar-refractivity contribution is 6.32. The van der Waals surface area contributed by atoms with Crippen LogP contribution in [0.3, 0.4) is 0 Å².